The maximum atomic E-state index is 13.5. The number of aliphatic hydroxyl groups is 1. The third-order valence-electron chi connectivity index (χ3n) is 8.14. The molecule has 0 amide bonds. The molecule has 42 heavy (non-hydrogen) atoms. The van der Waals surface area contributed by atoms with Crippen LogP contribution in [0.3, 0.4) is 0 Å². The molecule has 0 atom stereocenters. The van der Waals surface area contributed by atoms with Crippen LogP contribution < -0.4 is 10.9 Å². The van der Waals surface area contributed by atoms with Gasteiger partial charge in [-0.1, -0.05) is 48.0 Å². The molecule has 0 unspecified atom stereocenters. The number of aromatic nitrogens is 4. The van der Waals surface area contributed by atoms with Gasteiger partial charge in [0.1, 0.15) is 5.52 Å². The smallest absolute Gasteiger partial charge is 0.281 e. The van der Waals surface area contributed by atoms with E-state index in [1.165, 1.54) is 19.9 Å². The summed E-state index contributed by atoms with van der Waals surface area (Å²) >= 11 is 8.44. The average Bonchev–Trinajstić information content (AvgIpc) is 3.56. The maximum absolute atomic E-state index is 13.5. The fourth-order valence-corrected chi connectivity index (χ4v) is 6.88. The van der Waals surface area contributed by atoms with Crippen molar-refractivity contribution in [2.45, 2.75) is 45.0 Å². The molecule has 3 aromatic heterocycles. The lowest BCUT2D eigenvalue weighted by Crippen LogP contribution is -2.47. The molecule has 1 fully saturated rings. The van der Waals surface area contributed by atoms with Gasteiger partial charge in [-0.2, -0.15) is 5.10 Å². The third-order valence-corrected chi connectivity index (χ3v) is 9.55. The summed E-state index contributed by atoms with van der Waals surface area (Å²) in [7, 11) is 3.74. The molecule has 2 aromatic carbocycles. The molecule has 218 valence electrons. The molecule has 0 spiro atoms. The standard InChI is InChI=1S/C32H35ClN6O2S/c1-21-4-11-27(42-21)24-9-10-25(26(33)16-24)18-38-14-12-32(41,13-15-38)19-39-20-35-28-29(31(39)40)36-37(3)30(28)23-7-5-22(6-8-23)17-34-2/h4-11,16,20,34,41H,12-15,17-19H2,1-3H3. The van der Waals surface area contributed by atoms with Gasteiger partial charge in [0.05, 0.1) is 24.2 Å². The first-order valence-corrected chi connectivity index (χ1v) is 15.4. The number of likely N-dealkylation sites (tertiary alicyclic amines) is 1. The van der Waals surface area contributed by atoms with Gasteiger partial charge in [0.25, 0.3) is 5.56 Å². The Morgan fingerprint density at radius 3 is 2.45 bits per heavy atom. The molecule has 0 saturated carbocycles. The molecule has 8 nitrogen and oxygen atoms in total. The zero-order chi connectivity index (χ0) is 29.4. The summed E-state index contributed by atoms with van der Waals surface area (Å²) < 4.78 is 3.22. The molecule has 0 aliphatic carbocycles. The first kappa shape index (κ1) is 28.8. The summed E-state index contributed by atoms with van der Waals surface area (Å²) in [5, 5.41) is 19.9. The van der Waals surface area contributed by atoms with E-state index in [0.29, 0.717) is 37.0 Å². The number of rotatable bonds is 8. The Morgan fingerprint density at radius 2 is 1.79 bits per heavy atom. The van der Waals surface area contributed by atoms with Crippen molar-refractivity contribution in [3.63, 3.8) is 0 Å². The van der Waals surface area contributed by atoms with Crippen molar-refractivity contribution in [2.75, 3.05) is 20.1 Å². The van der Waals surface area contributed by atoms with Crippen LogP contribution in [0.15, 0.2) is 65.7 Å². The number of thiophene rings is 1. The highest BCUT2D eigenvalue weighted by Crippen LogP contribution is 2.32. The number of hydrogen-bond acceptors (Lipinski definition) is 7. The largest absolute Gasteiger partial charge is 0.388 e. The molecule has 1 aliphatic rings. The van der Waals surface area contributed by atoms with E-state index in [9.17, 15) is 9.90 Å². The van der Waals surface area contributed by atoms with Crippen LogP contribution in [0.1, 0.15) is 28.8 Å². The summed E-state index contributed by atoms with van der Waals surface area (Å²) in [4.78, 5) is 22.9. The lowest BCUT2D eigenvalue weighted by molar-refractivity contribution is -0.0364. The lowest BCUT2D eigenvalue weighted by Gasteiger charge is -2.38. The first-order valence-electron chi connectivity index (χ1n) is 14.2. The molecule has 10 heteroatoms. The average molecular weight is 603 g/mol. The van der Waals surface area contributed by atoms with Crippen LogP contribution in [0, 0.1) is 6.92 Å². The van der Waals surface area contributed by atoms with E-state index in [1.54, 1.807) is 22.3 Å². The van der Waals surface area contributed by atoms with Gasteiger partial charge in [-0.05, 0) is 61.7 Å². The van der Waals surface area contributed by atoms with Crippen LogP contribution in [0.5, 0.6) is 0 Å². The quantitative estimate of drug-likeness (QED) is 0.253. The first-order chi connectivity index (χ1) is 20.2. The van der Waals surface area contributed by atoms with Crippen molar-refractivity contribution in [1.29, 1.82) is 0 Å². The second kappa shape index (κ2) is 11.7. The minimum absolute atomic E-state index is 0.183. The summed E-state index contributed by atoms with van der Waals surface area (Å²) in [6.07, 6.45) is 2.65. The fraction of sp³-hybridized carbons (Fsp3) is 0.344. The molecule has 6 rings (SSSR count). The number of nitrogens with zero attached hydrogens (tertiary/aromatic N) is 5. The topological polar surface area (TPSA) is 88.2 Å². The summed E-state index contributed by atoms with van der Waals surface area (Å²) in [5.74, 6) is 0. The predicted molar refractivity (Wildman–Crippen MR) is 170 cm³/mol. The van der Waals surface area contributed by atoms with Gasteiger partial charge in [-0.25, -0.2) is 4.98 Å². The fourth-order valence-electron chi connectivity index (χ4n) is 5.78. The van der Waals surface area contributed by atoms with E-state index >= 15 is 0 Å². The molecule has 5 aromatic rings. The maximum Gasteiger partial charge on any atom is 0.281 e. The molecular weight excluding hydrogens is 568 g/mol. The normalized spacial score (nSPS) is 15.5. The molecule has 1 aliphatic heterocycles. The van der Waals surface area contributed by atoms with Crippen molar-refractivity contribution in [3.05, 3.63) is 92.3 Å². The van der Waals surface area contributed by atoms with Gasteiger partial charge in [-0.15, -0.1) is 11.3 Å². The van der Waals surface area contributed by atoms with Crippen LogP contribution in [0.2, 0.25) is 5.02 Å². The highest BCUT2D eigenvalue weighted by Gasteiger charge is 2.33. The van der Waals surface area contributed by atoms with Crippen molar-refractivity contribution < 1.29 is 5.11 Å². The second-order valence-electron chi connectivity index (χ2n) is 11.3. The van der Waals surface area contributed by atoms with E-state index in [-0.39, 0.29) is 12.1 Å². The summed E-state index contributed by atoms with van der Waals surface area (Å²) in [6.45, 7) is 5.21. The number of aryl methyl sites for hydroxylation is 2. The van der Waals surface area contributed by atoms with Crippen LogP contribution in [0.25, 0.3) is 32.7 Å². The Balaban J connectivity index is 1.13. The zero-order valence-corrected chi connectivity index (χ0v) is 25.7. The van der Waals surface area contributed by atoms with Crippen LogP contribution in [-0.2, 0) is 26.7 Å². The van der Waals surface area contributed by atoms with E-state index in [4.69, 9.17) is 11.6 Å². The summed E-state index contributed by atoms with van der Waals surface area (Å²) in [5.41, 5.74) is 4.78. The number of halogens is 1. The molecule has 4 heterocycles. The van der Waals surface area contributed by atoms with Crippen LogP contribution >= 0.6 is 22.9 Å². The minimum Gasteiger partial charge on any atom is -0.388 e. The molecule has 1 saturated heterocycles. The van der Waals surface area contributed by atoms with Crippen molar-refractivity contribution in [3.8, 4) is 21.7 Å². The number of hydrogen-bond donors (Lipinski definition) is 2. The Kier molecular flexibility index (Phi) is 8.04. The Labute approximate surface area is 254 Å². The van der Waals surface area contributed by atoms with Crippen LogP contribution in [0.4, 0.5) is 0 Å². The van der Waals surface area contributed by atoms with Crippen molar-refractivity contribution >= 4 is 34.0 Å². The van der Waals surface area contributed by atoms with Crippen molar-refractivity contribution in [1.82, 2.24) is 29.5 Å². The molecule has 2 N–H and O–H groups in total. The van der Waals surface area contributed by atoms with E-state index in [0.717, 1.165) is 40.5 Å². The van der Waals surface area contributed by atoms with Gasteiger partial charge in [0.15, 0.2) is 5.52 Å². The number of nitrogens with one attached hydrogen (secondary N) is 1. The van der Waals surface area contributed by atoms with E-state index in [2.05, 4.69) is 63.6 Å². The lowest BCUT2D eigenvalue weighted by atomic mass is 9.91. The predicted octanol–water partition coefficient (Wildman–Crippen LogP) is 5.23. The number of piperidine rings is 1. The zero-order valence-electron chi connectivity index (χ0n) is 24.1. The molecule has 0 bridgehead atoms. The van der Waals surface area contributed by atoms with Crippen molar-refractivity contribution in [2.24, 2.45) is 7.05 Å². The Bertz CT molecular complexity index is 1780. The SMILES string of the molecule is CNCc1ccc(-c2c3ncn(CC4(O)CCN(Cc5ccc(-c6ccc(C)s6)cc5Cl)CC4)c(=O)c3nn2C)cc1. The number of fused-ring (bicyclic) bond motifs is 1. The van der Waals surface area contributed by atoms with Crippen LogP contribution in [-0.4, -0.2) is 55.1 Å². The monoisotopic (exact) mass is 602 g/mol. The third kappa shape index (κ3) is 5.80. The minimum atomic E-state index is -0.999. The molecule has 0 radical (unpaired) electrons. The van der Waals surface area contributed by atoms with Gasteiger partial charge >= 0.3 is 0 Å². The Morgan fingerprint density at radius 1 is 1.05 bits per heavy atom. The van der Waals surface area contributed by atoms with Gasteiger partial charge in [-0.3, -0.25) is 18.9 Å². The number of benzene rings is 2. The molecular formula is C32H35ClN6O2S. The Hall–Kier alpha value is -3.34. The van der Waals surface area contributed by atoms with Gasteiger partial charge in [0.2, 0.25) is 0 Å². The van der Waals surface area contributed by atoms with Gasteiger partial charge < -0.3 is 10.4 Å². The van der Waals surface area contributed by atoms with E-state index < -0.39 is 5.60 Å². The second-order valence-corrected chi connectivity index (χ2v) is 13.0. The van der Waals surface area contributed by atoms with Gasteiger partial charge in [0, 0.05) is 53.6 Å². The summed E-state index contributed by atoms with van der Waals surface area (Å²) in [6, 6.07) is 18.7. The highest BCUT2D eigenvalue weighted by atomic mass is 35.5. The van der Waals surface area contributed by atoms with E-state index in [1.807, 2.05) is 32.3 Å². The highest BCUT2D eigenvalue weighted by molar-refractivity contribution is 7.15.